The van der Waals surface area contributed by atoms with Crippen LogP contribution in [0.4, 0.5) is 0 Å². The molecule has 1 N–H and O–H groups in total. The molecule has 0 radical (unpaired) electrons. The molecule has 23 heavy (non-hydrogen) atoms. The number of nitrogens with one attached hydrogen (secondary N) is 1. The summed E-state index contributed by atoms with van der Waals surface area (Å²) in [6.07, 6.45) is 2.55. The van der Waals surface area contributed by atoms with Crippen molar-refractivity contribution in [3.8, 4) is 11.3 Å². The average Bonchev–Trinajstić information content (AvgIpc) is 3.04. The van der Waals surface area contributed by atoms with E-state index in [0.717, 1.165) is 55.7 Å². The molecule has 0 aliphatic carbocycles. The Kier molecular flexibility index (Phi) is 7.09. The lowest BCUT2D eigenvalue weighted by Crippen LogP contribution is -2.36. The predicted octanol–water partition coefficient (Wildman–Crippen LogP) is 3.58. The standard InChI is InChI=1S/C18H25N3O.ClH/c1-2-19-13-15-8-10-21(11-9-15)14-17-12-18(22-20-17)16-6-4-3-5-7-16;/h3-7,12,15,19H,2,8-11,13-14H2,1H3;1H. The number of halogens is 1. The summed E-state index contributed by atoms with van der Waals surface area (Å²) in [5.74, 6) is 1.69. The predicted molar refractivity (Wildman–Crippen MR) is 95.7 cm³/mol. The van der Waals surface area contributed by atoms with Crippen molar-refractivity contribution in [1.29, 1.82) is 0 Å². The van der Waals surface area contributed by atoms with E-state index < -0.39 is 0 Å². The van der Waals surface area contributed by atoms with Crippen molar-refractivity contribution in [3.63, 3.8) is 0 Å². The molecule has 0 saturated carbocycles. The van der Waals surface area contributed by atoms with Gasteiger partial charge in [-0.2, -0.15) is 0 Å². The minimum atomic E-state index is 0. The molecule has 3 rings (SSSR count). The molecule has 2 heterocycles. The quantitative estimate of drug-likeness (QED) is 0.876. The molecular weight excluding hydrogens is 310 g/mol. The Bertz CT molecular complexity index is 565. The minimum Gasteiger partial charge on any atom is -0.356 e. The van der Waals surface area contributed by atoms with Gasteiger partial charge in [0.2, 0.25) is 0 Å². The largest absolute Gasteiger partial charge is 0.356 e. The topological polar surface area (TPSA) is 41.3 Å². The Morgan fingerprint density at radius 1 is 1.22 bits per heavy atom. The average molecular weight is 336 g/mol. The van der Waals surface area contributed by atoms with Crippen LogP contribution in [0.2, 0.25) is 0 Å². The van der Waals surface area contributed by atoms with Crippen LogP contribution in [0.25, 0.3) is 11.3 Å². The number of rotatable bonds is 6. The first-order valence-electron chi connectivity index (χ1n) is 8.29. The first-order valence-corrected chi connectivity index (χ1v) is 8.29. The molecule has 5 heteroatoms. The van der Waals surface area contributed by atoms with Crippen molar-refractivity contribution in [1.82, 2.24) is 15.4 Å². The van der Waals surface area contributed by atoms with E-state index >= 15 is 0 Å². The van der Waals surface area contributed by atoms with Crippen molar-refractivity contribution in [2.24, 2.45) is 5.92 Å². The molecule has 126 valence electrons. The number of nitrogens with zero attached hydrogens (tertiary/aromatic N) is 2. The van der Waals surface area contributed by atoms with Crippen LogP contribution in [-0.2, 0) is 6.54 Å². The molecule has 1 aliphatic heterocycles. The molecule has 1 aromatic heterocycles. The molecule has 0 unspecified atom stereocenters. The number of likely N-dealkylation sites (tertiary alicyclic amines) is 1. The Morgan fingerprint density at radius 2 is 1.96 bits per heavy atom. The first-order chi connectivity index (χ1) is 10.8. The van der Waals surface area contributed by atoms with Crippen LogP contribution in [-0.4, -0.2) is 36.2 Å². The van der Waals surface area contributed by atoms with E-state index in [0.29, 0.717) is 0 Å². The van der Waals surface area contributed by atoms with E-state index in [1.807, 2.05) is 18.2 Å². The van der Waals surface area contributed by atoms with Crippen molar-refractivity contribution in [2.45, 2.75) is 26.3 Å². The van der Waals surface area contributed by atoms with Gasteiger partial charge in [0.15, 0.2) is 5.76 Å². The highest BCUT2D eigenvalue weighted by molar-refractivity contribution is 5.85. The zero-order chi connectivity index (χ0) is 15.2. The van der Waals surface area contributed by atoms with E-state index in [1.54, 1.807) is 0 Å². The van der Waals surface area contributed by atoms with Crippen LogP contribution >= 0.6 is 12.4 Å². The van der Waals surface area contributed by atoms with E-state index in [1.165, 1.54) is 12.8 Å². The van der Waals surface area contributed by atoms with Gasteiger partial charge in [-0.05, 0) is 44.9 Å². The fourth-order valence-corrected chi connectivity index (χ4v) is 3.05. The molecule has 0 spiro atoms. The van der Waals surface area contributed by atoms with Gasteiger partial charge in [-0.3, -0.25) is 4.90 Å². The van der Waals surface area contributed by atoms with Gasteiger partial charge in [0, 0.05) is 18.2 Å². The summed E-state index contributed by atoms with van der Waals surface area (Å²) in [7, 11) is 0. The third-order valence-electron chi connectivity index (χ3n) is 4.39. The van der Waals surface area contributed by atoms with Crippen LogP contribution < -0.4 is 5.32 Å². The van der Waals surface area contributed by atoms with E-state index in [4.69, 9.17) is 4.52 Å². The first kappa shape index (κ1) is 18.0. The molecule has 4 nitrogen and oxygen atoms in total. The molecule has 1 aliphatic rings. The maximum Gasteiger partial charge on any atom is 0.167 e. The number of hydrogen-bond acceptors (Lipinski definition) is 4. The highest BCUT2D eigenvalue weighted by Gasteiger charge is 2.20. The molecule has 1 saturated heterocycles. The van der Waals surface area contributed by atoms with E-state index in [-0.39, 0.29) is 12.4 Å². The Morgan fingerprint density at radius 3 is 2.65 bits per heavy atom. The summed E-state index contributed by atoms with van der Waals surface area (Å²) in [5.41, 5.74) is 2.12. The number of aromatic nitrogens is 1. The Labute approximate surface area is 144 Å². The second-order valence-corrected chi connectivity index (χ2v) is 6.08. The number of benzene rings is 1. The highest BCUT2D eigenvalue weighted by atomic mass is 35.5. The van der Waals surface area contributed by atoms with Crippen LogP contribution in [0.5, 0.6) is 0 Å². The van der Waals surface area contributed by atoms with Crippen LogP contribution in [0, 0.1) is 5.92 Å². The molecule has 0 amide bonds. The number of piperidine rings is 1. The molecule has 2 aromatic rings. The lowest BCUT2D eigenvalue weighted by molar-refractivity contribution is 0.172. The van der Waals surface area contributed by atoms with Gasteiger partial charge in [-0.15, -0.1) is 12.4 Å². The fourth-order valence-electron chi connectivity index (χ4n) is 3.05. The van der Waals surface area contributed by atoms with Crippen molar-refractivity contribution < 1.29 is 4.52 Å². The maximum atomic E-state index is 5.48. The van der Waals surface area contributed by atoms with E-state index in [2.05, 4.69) is 40.5 Å². The van der Waals surface area contributed by atoms with Crippen LogP contribution in [0.15, 0.2) is 40.9 Å². The Hall–Kier alpha value is -1.36. The molecule has 1 fully saturated rings. The summed E-state index contributed by atoms with van der Waals surface area (Å²) < 4.78 is 5.48. The van der Waals surface area contributed by atoms with Crippen molar-refractivity contribution in [3.05, 3.63) is 42.1 Å². The monoisotopic (exact) mass is 335 g/mol. The lowest BCUT2D eigenvalue weighted by Gasteiger charge is -2.31. The lowest BCUT2D eigenvalue weighted by atomic mass is 9.96. The zero-order valence-corrected chi connectivity index (χ0v) is 14.5. The van der Waals surface area contributed by atoms with Crippen molar-refractivity contribution in [2.75, 3.05) is 26.2 Å². The van der Waals surface area contributed by atoms with E-state index in [9.17, 15) is 0 Å². The zero-order valence-electron chi connectivity index (χ0n) is 13.7. The smallest absolute Gasteiger partial charge is 0.167 e. The van der Waals surface area contributed by atoms with Gasteiger partial charge in [-0.1, -0.05) is 42.4 Å². The summed E-state index contributed by atoms with van der Waals surface area (Å²) in [5, 5.41) is 7.68. The third-order valence-corrected chi connectivity index (χ3v) is 4.39. The highest BCUT2D eigenvalue weighted by Crippen LogP contribution is 2.22. The SMILES string of the molecule is CCNCC1CCN(Cc2cc(-c3ccccc3)on2)CC1.Cl. The van der Waals surface area contributed by atoms with Gasteiger partial charge >= 0.3 is 0 Å². The van der Waals surface area contributed by atoms with Gasteiger partial charge in [0.1, 0.15) is 0 Å². The van der Waals surface area contributed by atoms with Gasteiger partial charge in [0.25, 0.3) is 0 Å². The second kappa shape index (κ2) is 9.06. The molecule has 0 bridgehead atoms. The molecule has 1 aromatic carbocycles. The number of hydrogen-bond donors (Lipinski definition) is 1. The second-order valence-electron chi connectivity index (χ2n) is 6.08. The fraction of sp³-hybridized carbons (Fsp3) is 0.500. The molecule has 0 atom stereocenters. The van der Waals surface area contributed by atoms with Crippen LogP contribution in [0.3, 0.4) is 0 Å². The normalized spacial score (nSPS) is 16.2. The minimum absolute atomic E-state index is 0. The molecular formula is C18H26ClN3O. The summed E-state index contributed by atoms with van der Waals surface area (Å²) >= 11 is 0. The maximum absolute atomic E-state index is 5.48. The Balaban J connectivity index is 0.00000192. The summed E-state index contributed by atoms with van der Waals surface area (Å²) in [4.78, 5) is 2.48. The van der Waals surface area contributed by atoms with Gasteiger partial charge in [0.05, 0.1) is 5.69 Å². The third kappa shape index (κ3) is 5.06. The van der Waals surface area contributed by atoms with Crippen LogP contribution in [0.1, 0.15) is 25.5 Å². The van der Waals surface area contributed by atoms with Gasteiger partial charge in [-0.25, -0.2) is 0 Å². The van der Waals surface area contributed by atoms with Crippen molar-refractivity contribution >= 4 is 12.4 Å². The summed E-state index contributed by atoms with van der Waals surface area (Å²) in [6.45, 7) is 7.61. The van der Waals surface area contributed by atoms with Gasteiger partial charge < -0.3 is 9.84 Å². The summed E-state index contributed by atoms with van der Waals surface area (Å²) in [6, 6.07) is 12.2.